The van der Waals surface area contributed by atoms with Crippen LogP contribution < -0.4 is 4.74 Å². The van der Waals surface area contributed by atoms with Gasteiger partial charge in [0, 0.05) is 24.1 Å². The van der Waals surface area contributed by atoms with Gasteiger partial charge in [-0.05, 0) is 63.4 Å². The van der Waals surface area contributed by atoms with Crippen LogP contribution in [0.25, 0.3) is 0 Å². The van der Waals surface area contributed by atoms with Gasteiger partial charge in [0.15, 0.2) is 0 Å². The van der Waals surface area contributed by atoms with E-state index in [1.807, 2.05) is 18.2 Å². The molecular formula is C27H31BrCl2N2O5. The summed E-state index contributed by atoms with van der Waals surface area (Å²) in [5.41, 5.74) is -1.89. The summed E-state index contributed by atoms with van der Waals surface area (Å²) in [6, 6.07) is 10.6. The summed E-state index contributed by atoms with van der Waals surface area (Å²) in [4.78, 5) is 29.1. The first-order valence-corrected chi connectivity index (χ1v) is 13.7. The maximum Gasteiger partial charge on any atom is 0.410 e. The number of β-amino-alcohol motifs (C(OH)–C–C–N with tert-alkyl or cyclic N) is 1. The first-order chi connectivity index (χ1) is 17.2. The summed E-state index contributed by atoms with van der Waals surface area (Å²) >= 11 is 15.6. The predicted molar refractivity (Wildman–Crippen MR) is 146 cm³/mol. The average Bonchev–Trinajstić information content (AvgIpc) is 2.74. The van der Waals surface area contributed by atoms with Gasteiger partial charge >= 0.3 is 6.09 Å². The minimum atomic E-state index is -1.26. The zero-order valence-electron chi connectivity index (χ0n) is 21.3. The van der Waals surface area contributed by atoms with Gasteiger partial charge in [0.1, 0.15) is 22.7 Å². The largest absolute Gasteiger partial charge is 0.457 e. The molecule has 1 N–H and O–H groups in total. The van der Waals surface area contributed by atoms with Crippen LogP contribution in [0.15, 0.2) is 40.9 Å². The Kier molecular flexibility index (Phi) is 7.79. The summed E-state index contributed by atoms with van der Waals surface area (Å²) in [6.07, 6.45) is 1.57. The second-order valence-electron chi connectivity index (χ2n) is 10.9. The van der Waals surface area contributed by atoms with Crippen LogP contribution in [0.4, 0.5) is 4.79 Å². The number of amides is 2. The normalized spacial score (nSPS) is 17.9. The molecule has 37 heavy (non-hydrogen) atoms. The lowest BCUT2D eigenvalue weighted by Gasteiger charge is -2.60. The van der Waals surface area contributed by atoms with Crippen molar-refractivity contribution in [2.75, 3.05) is 20.1 Å². The summed E-state index contributed by atoms with van der Waals surface area (Å²) in [7, 11) is 1.74. The lowest BCUT2D eigenvalue weighted by atomic mass is 9.55. The number of benzene rings is 2. The van der Waals surface area contributed by atoms with Crippen molar-refractivity contribution in [3.63, 3.8) is 0 Å². The summed E-state index contributed by atoms with van der Waals surface area (Å²) in [5.74, 6) is 1.04. The van der Waals surface area contributed by atoms with Crippen molar-refractivity contribution >= 4 is 51.1 Å². The van der Waals surface area contributed by atoms with Crippen LogP contribution >= 0.6 is 39.1 Å². The van der Waals surface area contributed by atoms with Crippen LogP contribution in [0.1, 0.15) is 45.6 Å². The highest BCUT2D eigenvalue weighted by Gasteiger charge is 2.65. The number of ether oxygens (including phenoxy) is 2. The molecule has 7 nitrogen and oxygen atoms in total. The molecule has 2 fully saturated rings. The van der Waals surface area contributed by atoms with Crippen LogP contribution in [0.3, 0.4) is 0 Å². The molecule has 0 unspecified atom stereocenters. The van der Waals surface area contributed by atoms with E-state index in [-0.39, 0.29) is 19.0 Å². The van der Waals surface area contributed by atoms with Gasteiger partial charge in [0.25, 0.3) is 0 Å². The second kappa shape index (κ2) is 10.3. The summed E-state index contributed by atoms with van der Waals surface area (Å²) < 4.78 is 12.1. The zero-order valence-corrected chi connectivity index (χ0v) is 24.4. The van der Waals surface area contributed by atoms with Gasteiger partial charge in [0.2, 0.25) is 5.91 Å². The predicted octanol–water partition coefficient (Wildman–Crippen LogP) is 6.66. The number of likely N-dealkylation sites (tertiary alicyclic amines) is 1. The van der Waals surface area contributed by atoms with Crippen LogP contribution in [0.2, 0.25) is 10.0 Å². The van der Waals surface area contributed by atoms with Crippen molar-refractivity contribution in [2.24, 2.45) is 5.41 Å². The van der Waals surface area contributed by atoms with Crippen molar-refractivity contribution in [2.45, 2.75) is 57.8 Å². The third-order valence-corrected chi connectivity index (χ3v) is 8.45. The Morgan fingerprint density at radius 2 is 1.70 bits per heavy atom. The number of rotatable bonds is 6. The van der Waals surface area contributed by atoms with E-state index in [9.17, 15) is 14.7 Å². The SMILES string of the molecule is CN(Cc1ccc(Oc2ccc(Cl)c(Cl)c2)cc1Br)C(=O)C1(C2(O)CN(C(=O)OC(C)(C)C)C2)CCC1. The molecule has 2 aromatic rings. The molecule has 200 valence electrons. The fourth-order valence-corrected chi connectivity index (χ4v) is 5.61. The number of aliphatic hydroxyl groups is 1. The molecule has 0 atom stereocenters. The quantitative estimate of drug-likeness (QED) is 0.394. The maximum absolute atomic E-state index is 13.6. The summed E-state index contributed by atoms with van der Waals surface area (Å²) in [6.45, 7) is 5.92. The van der Waals surface area contributed by atoms with E-state index in [0.29, 0.717) is 40.9 Å². The maximum atomic E-state index is 13.6. The number of carbonyl (C=O) groups excluding carboxylic acids is 2. The molecule has 0 bridgehead atoms. The topological polar surface area (TPSA) is 79.3 Å². The van der Waals surface area contributed by atoms with Crippen LogP contribution in [0, 0.1) is 5.41 Å². The first kappa shape index (κ1) is 28.0. The Balaban J connectivity index is 1.41. The van der Waals surface area contributed by atoms with E-state index < -0.39 is 22.7 Å². The number of halogens is 3. The van der Waals surface area contributed by atoms with Gasteiger partial charge < -0.3 is 24.4 Å². The molecule has 0 aromatic heterocycles. The third kappa shape index (κ3) is 5.72. The van der Waals surface area contributed by atoms with Crippen molar-refractivity contribution in [3.8, 4) is 11.5 Å². The third-order valence-electron chi connectivity index (χ3n) is 6.97. The van der Waals surface area contributed by atoms with Gasteiger partial charge in [-0.1, -0.05) is 51.6 Å². The molecule has 4 rings (SSSR count). The van der Waals surface area contributed by atoms with E-state index in [4.69, 9.17) is 32.7 Å². The Morgan fingerprint density at radius 1 is 1.08 bits per heavy atom. The Hall–Kier alpha value is -2.00. The monoisotopic (exact) mass is 612 g/mol. The molecule has 1 heterocycles. The van der Waals surface area contributed by atoms with E-state index in [1.54, 1.807) is 50.9 Å². The standard InChI is InChI=1S/C27H31BrCl2N2O5/c1-25(2,3)37-24(34)32-15-27(35,16-32)26(10-5-11-26)23(33)31(4)14-17-6-7-18(12-20(17)28)36-19-8-9-21(29)22(30)13-19/h6-9,12-13,35H,5,10-11,14-16H2,1-4H3. The molecule has 1 aliphatic carbocycles. The van der Waals surface area contributed by atoms with Gasteiger partial charge in [-0.15, -0.1) is 0 Å². The van der Waals surface area contributed by atoms with Crippen molar-refractivity contribution in [1.82, 2.24) is 9.80 Å². The van der Waals surface area contributed by atoms with Gasteiger partial charge in [-0.3, -0.25) is 4.79 Å². The van der Waals surface area contributed by atoms with Crippen LogP contribution in [0.5, 0.6) is 11.5 Å². The van der Waals surface area contributed by atoms with E-state index >= 15 is 0 Å². The molecule has 0 radical (unpaired) electrons. The average molecular weight is 614 g/mol. The van der Waals surface area contributed by atoms with Gasteiger partial charge in [-0.25, -0.2) is 4.79 Å². The van der Waals surface area contributed by atoms with E-state index in [2.05, 4.69) is 15.9 Å². The van der Waals surface area contributed by atoms with Crippen LogP contribution in [-0.4, -0.2) is 58.2 Å². The van der Waals surface area contributed by atoms with E-state index in [0.717, 1.165) is 16.5 Å². The van der Waals surface area contributed by atoms with Crippen molar-refractivity contribution < 1.29 is 24.2 Å². The molecule has 1 aliphatic heterocycles. The Bertz CT molecular complexity index is 1210. The lowest BCUT2D eigenvalue weighted by molar-refractivity contribution is -0.210. The molecule has 2 amide bonds. The first-order valence-electron chi connectivity index (χ1n) is 12.1. The Morgan fingerprint density at radius 3 is 2.24 bits per heavy atom. The highest BCUT2D eigenvalue weighted by Crippen LogP contribution is 2.54. The molecule has 0 spiro atoms. The molecular weight excluding hydrogens is 583 g/mol. The van der Waals surface area contributed by atoms with Crippen molar-refractivity contribution in [3.05, 3.63) is 56.5 Å². The second-order valence-corrected chi connectivity index (χ2v) is 12.6. The highest BCUT2D eigenvalue weighted by molar-refractivity contribution is 9.10. The number of hydrogen-bond donors (Lipinski definition) is 1. The fourth-order valence-electron chi connectivity index (χ4n) is 4.84. The summed E-state index contributed by atoms with van der Waals surface area (Å²) in [5, 5.41) is 12.3. The Labute approximate surface area is 235 Å². The molecule has 1 saturated heterocycles. The molecule has 2 aliphatic rings. The number of nitrogens with zero attached hydrogens (tertiary/aromatic N) is 2. The van der Waals surface area contributed by atoms with Crippen LogP contribution in [-0.2, 0) is 16.1 Å². The minimum absolute atomic E-state index is 0.0892. The molecule has 10 heteroatoms. The number of carbonyl (C=O) groups is 2. The molecule has 2 aromatic carbocycles. The van der Waals surface area contributed by atoms with Crippen molar-refractivity contribution in [1.29, 1.82) is 0 Å². The zero-order chi connectivity index (χ0) is 27.2. The van der Waals surface area contributed by atoms with E-state index in [1.165, 1.54) is 4.90 Å². The lowest BCUT2D eigenvalue weighted by Crippen LogP contribution is -2.75. The van der Waals surface area contributed by atoms with Gasteiger partial charge in [0.05, 0.1) is 28.5 Å². The molecule has 1 saturated carbocycles. The smallest absolute Gasteiger partial charge is 0.410 e. The minimum Gasteiger partial charge on any atom is -0.457 e. The fraction of sp³-hybridized carbons (Fsp3) is 0.481. The number of hydrogen-bond acceptors (Lipinski definition) is 5. The van der Waals surface area contributed by atoms with Gasteiger partial charge in [-0.2, -0.15) is 0 Å². The highest BCUT2D eigenvalue weighted by atomic mass is 79.9.